The predicted octanol–water partition coefficient (Wildman–Crippen LogP) is 4.74. The normalized spacial score (nSPS) is 29.9. The van der Waals surface area contributed by atoms with Crippen LogP contribution in [0.5, 0.6) is 5.75 Å². The van der Waals surface area contributed by atoms with Gasteiger partial charge in [0.1, 0.15) is 11.4 Å². The third-order valence-corrected chi connectivity index (χ3v) is 7.11. The molecule has 0 saturated heterocycles. The van der Waals surface area contributed by atoms with E-state index >= 15 is 0 Å². The summed E-state index contributed by atoms with van der Waals surface area (Å²) in [7, 11) is 0. The molecule has 2 aromatic carbocycles. The Morgan fingerprint density at radius 2 is 1.90 bits per heavy atom. The van der Waals surface area contributed by atoms with Crippen molar-refractivity contribution >= 4 is 27.5 Å². The van der Waals surface area contributed by atoms with Crippen LogP contribution in [0.25, 0.3) is 0 Å². The number of hydrogen-bond acceptors (Lipinski definition) is 4. The molecule has 2 heterocycles. The summed E-state index contributed by atoms with van der Waals surface area (Å²) in [5, 5.41) is 12.8. The van der Waals surface area contributed by atoms with Crippen molar-refractivity contribution in [3.05, 3.63) is 93.2 Å². The molecule has 3 N–H and O–H groups in total. The van der Waals surface area contributed by atoms with E-state index in [0.29, 0.717) is 29.4 Å². The number of rotatable bonds is 3. The van der Waals surface area contributed by atoms with Gasteiger partial charge in [0, 0.05) is 28.6 Å². The van der Waals surface area contributed by atoms with Crippen molar-refractivity contribution in [3.8, 4) is 5.75 Å². The summed E-state index contributed by atoms with van der Waals surface area (Å²) >= 11 is 9.71. The molecule has 1 aliphatic carbocycles. The van der Waals surface area contributed by atoms with Crippen molar-refractivity contribution in [1.82, 2.24) is 4.98 Å². The van der Waals surface area contributed by atoms with Crippen LogP contribution in [0.1, 0.15) is 29.2 Å². The number of aromatic nitrogens is 1. The summed E-state index contributed by atoms with van der Waals surface area (Å²) in [4.78, 5) is 4.52. The van der Waals surface area contributed by atoms with Gasteiger partial charge in [0.25, 0.3) is 0 Å². The van der Waals surface area contributed by atoms with Crippen LogP contribution in [0.15, 0.2) is 71.3 Å². The van der Waals surface area contributed by atoms with E-state index in [1.165, 1.54) is 0 Å². The van der Waals surface area contributed by atoms with Crippen LogP contribution >= 0.6 is 27.5 Å². The Labute approximate surface area is 182 Å². The molecule has 1 aromatic heterocycles. The minimum atomic E-state index is -1.37. The molecule has 6 heteroatoms. The Kier molecular flexibility index (Phi) is 4.48. The largest absolute Gasteiger partial charge is 0.476 e. The van der Waals surface area contributed by atoms with E-state index in [2.05, 4.69) is 33.0 Å². The van der Waals surface area contributed by atoms with Crippen molar-refractivity contribution in [1.29, 1.82) is 0 Å². The SMILES string of the molecule is NCC1CC(c2ccccc2)C2(c3ccc(Br)cc3)Oc3cc(Cl)cnc3[C@]12O. The van der Waals surface area contributed by atoms with Crippen molar-refractivity contribution in [3.63, 3.8) is 0 Å². The monoisotopic (exact) mass is 470 g/mol. The first-order valence-corrected chi connectivity index (χ1v) is 10.8. The first kappa shape index (κ1) is 19.1. The number of nitrogens with zero attached hydrogens (tertiary/aromatic N) is 1. The Morgan fingerprint density at radius 1 is 1.17 bits per heavy atom. The second-order valence-corrected chi connectivity index (χ2v) is 9.09. The fourth-order valence-corrected chi connectivity index (χ4v) is 5.58. The lowest BCUT2D eigenvalue weighted by atomic mass is 9.71. The first-order valence-electron chi connectivity index (χ1n) is 9.59. The lowest BCUT2D eigenvalue weighted by Crippen LogP contribution is -2.51. The highest BCUT2D eigenvalue weighted by molar-refractivity contribution is 9.10. The lowest BCUT2D eigenvalue weighted by molar-refractivity contribution is -0.127. The van der Waals surface area contributed by atoms with Crippen LogP contribution in [0, 0.1) is 5.92 Å². The zero-order valence-corrected chi connectivity index (χ0v) is 17.9. The summed E-state index contributed by atoms with van der Waals surface area (Å²) in [6.45, 7) is 0.325. The fourth-order valence-electron chi connectivity index (χ4n) is 5.17. The van der Waals surface area contributed by atoms with E-state index < -0.39 is 11.2 Å². The van der Waals surface area contributed by atoms with E-state index in [4.69, 9.17) is 22.1 Å². The van der Waals surface area contributed by atoms with Gasteiger partial charge in [0.15, 0.2) is 11.2 Å². The quantitative estimate of drug-likeness (QED) is 0.579. The fraction of sp³-hybridized carbons (Fsp3) is 0.261. The number of aliphatic hydroxyl groups is 1. The van der Waals surface area contributed by atoms with Crippen LogP contribution in [0.4, 0.5) is 0 Å². The molecule has 0 bridgehead atoms. The molecule has 4 atom stereocenters. The number of fused-ring (bicyclic) bond motifs is 3. The van der Waals surface area contributed by atoms with Crippen LogP contribution < -0.4 is 10.5 Å². The van der Waals surface area contributed by atoms with Gasteiger partial charge >= 0.3 is 0 Å². The zero-order valence-electron chi connectivity index (χ0n) is 15.6. The van der Waals surface area contributed by atoms with Crippen LogP contribution in [0.2, 0.25) is 5.02 Å². The predicted molar refractivity (Wildman–Crippen MR) is 116 cm³/mol. The second kappa shape index (κ2) is 6.81. The number of pyridine rings is 1. The van der Waals surface area contributed by atoms with Gasteiger partial charge in [-0.15, -0.1) is 0 Å². The summed E-state index contributed by atoms with van der Waals surface area (Å²) in [5.41, 5.74) is 6.28. The molecule has 1 aliphatic heterocycles. The average molecular weight is 472 g/mol. The van der Waals surface area contributed by atoms with E-state index in [1.54, 1.807) is 12.3 Å². The van der Waals surface area contributed by atoms with Crippen molar-refractivity contribution in [2.75, 3.05) is 6.54 Å². The van der Waals surface area contributed by atoms with Gasteiger partial charge in [-0.3, -0.25) is 4.98 Å². The van der Waals surface area contributed by atoms with E-state index in [9.17, 15) is 5.11 Å². The molecular formula is C23H20BrClN2O2. The Morgan fingerprint density at radius 3 is 2.59 bits per heavy atom. The molecule has 0 radical (unpaired) electrons. The Bertz CT molecular complexity index is 1060. The maximum atomic E-state index is 12.3. The Hall–Kier alpha value is -1.92. The third kappa shape index (κ3) is 2.55. The molecule has 5 rings (SSSR count). The average Bonchev–Trinajstić information content (AvgIpc) is 3.13. The van der Waals surface area contributed by atoms with Gasteiger partial charge in [-0.25, -0.2) is 0 Å². The lowest BCUT2D eigenvalue weighted by Gasteiger charge is -2.41. The minimum absolute atomic E-state index is 0.101. The number of halogens is 2. The molecule has 0 spiro atoms. The Balaban J connectivity index is 1.81. The number of benzene rings is 2. The van der Waals surface area contributed by atoms with E-state index in [-0.39, 0.29) is 11.8 Å². The van der Waals surface area contributed by atoms with Gasteiger partial charge < -0.3 is 15.6 Å². The first-order chi connectivity index (χ1) is 14.0. The molecule has 3 aromatic rings. The smallest absolute Gasteiger partial charge is 0.175 e. The molecule has 0 amide bonds. The maximum Gasteiger partial charge on any atom is 0.175 e. The molecule has 148 valence electrons. The number of ether oxygens (including phenoxy) is 1. The highest BCUT2D eigenvalue weighted by Gasteiger charge is 2.72. The third-order valence-electron chi connectivity index (χ3n) is 6.38. The number of hydrogen-bond donors (Lipinski definition) is 2. The summed E-state index contributed by atoms with van der Waals surface area (Å²) in [5.74, 6) is 0.199. The van der Waals surface area contributed by atoms with Gasteiger partial charge in [-0.2, -0.15) is 0 Å². The highest BCUT2D eigenvalue weighted by Crippen LogP contribution is 2.68. The van der Waals surface area contributed by atoms with Crippen molar-refractivity contribution in [2.45, 2.75) is 23.5 Å². The van der Waals surface area contributed by atoms with Crippen LogP contribution in [-0.2, 0) is 11.2 Å². The van der Waals surface area contributed by atoms with Gasteiger partial charge in [0.05, 0.1) is 5.02 Å². The topological polar surface area (TPSA) is 68.4 Å². The van der Waals surface area contributed by atoms with Gasteiger partial charge in [0.2, 0.25) is 0 Å². The summed E-state index contributed by atoms with van der Waals surface area (Å²) in [6, 6.07) is 19.8. The van der Waals surface area contributed by atoms with Crippen molar-refractivity contribution in [2.24, 2.45) is 11.7 Å². The molecule has 4 nitrogen and oxygen atoms in total. The molecule has 1 fully saturated rings. The molecule has 2 aliphatic rings. The molecular weight excluding hydrogens is 452 g/mol. The second-order valence-electron chi connectivity index (χ2n) is 7.74. The van der Waals surface area contributed by atoms with E-state index in [1.807, 2.05) is 42.5 Å². The van der Waals surface area contributed by atoms with Gasteiger partial charge in [-0.1, -0.05) is 70.0 Å². The highest BCUT2D eigenvalue weighted by atomic mass is 79.9. The van der Waals surface area contributed by atoms with Crippen LogP contribution in [0.3, 0.4) is 0 Å². The van der Waals surface area contributed by atoms with E-state index in [0.717, 1.165) is 15.6 Å². The number of nitrogens with two attached hydrogens (primary N) is 1. The molecule has 1 saturated carbocycles. The molecule has 29 heavy (non-hydrogen) atoms. The summed E-state index contributed by atoms with van der Waals surface area (Å²) < 4.78 is 7.62. The molecule has 3 unspecified atom stereocenters. The minimum Gasteiger partial charge on any atom is -0.476 e. The maximum absolute atomic E-state index is 12.3. The van der Waals surface area contributed by atoms with Crippen LogP contribution in [-0.4, -0.2) is 16.6 Å². The zero-order chi connectivity index (χ0) is 20.2. The van der Waals surface area contributed by atoms with Crippen molar-refractivity contribution < 1.29 is 9.84 Å². The standard InChI is InChI=1S/C23H20BrClN2O2/c24-17-8-6-15(7-9-17)23-19(14-4-2-1-3-5-14)10-16(12-26)22(23,28)21-20(29-23)11-18(25)13-27-21/h1-9,11,13,16,19,28H,10,12,26H2/t16?,19?,22-,23?/m1/s1. The summed E-state index contributed by atoms with van der Waals surface area (Å²) in [6.07, 6.45) is 2.25. The van der Waals surface area contributed by atoms with Gasteiger partial charge in [-0.05, 0) is 36.2 Å².